The van der Waals surface area contributed by atoms with E-state index in [-0.39, 0.29) is 5.54 Å². The van der Waals surface area contributed by atoms with Crippen LogP contribution in [0.15, 0.2) is 4.99 Å². The van der Waals surface area contributed by atoms with Gasteiger partial charge in [-0.15, -0.1) is 0 Å². The van der Waals surface area contributed by atoms with Gasteiger partial charge in [0.2, 0.25) is 0 Å². The fourth-order valence-electron chi connectivity index (χ4n) is 4.64. The lowest BCUT2D eigenvalue weighted by Gasteiger charge is -2.41. The topological polar surface area (TPSA) is 27.6 Å². The summed E-state index contributed by atoms with van der Waals surface area (Å²) in [5, 5.41) is 3.61. The molecule has 0 aromatic carbocycles. The van der Waals surface area contributed by atoms with Crippen molar-refractivity contribution in [2.75, 3.05) is 26.2 Å². The highest BCUT2D eigenvalue weighted by Crippen LogP contribution is 2.21. The largest absolute Gasteiger partial charge is 0.372 e. The molecule has 0 saturated carbocycles. The Labute approximate surface area is 189 Å². The molecule has 0 amide bonds. The average Bonchev–Trinajstić information content (AvgIpc) is 2.76. The van der Waals surface area contributed by atoms with Gasteiger partial charge in [-0.05, 0) is 46.2 Å². The molecule has 0 unspecified atom stereocenters. The van der Waals surface area contributed by atoms with E-state index < -0.39 is 0 Å². The molecule has 178 valence electrons. The Bertz CT molecular complexity index is 396. The van der Waals surface area contributed by atoms with Crippen molar-refractivity contribution < 1.29 is 0 Å². The second kappa shape index (κ2) is 18.0. The van der Waals surface area contributed by atoms with Crippen molar-refractivity contribution in [2.24, 2.45) is 4.99 Å². The number of aliphatic imine (C=N–C) groups is 1. The van der Waals surface area contributed by atoms with Crippen molar-refractivity contribution in [2.45, 2.75) is 142 Å². The van der Waals surface area contributed by atoms with Gasteiger partial charge >= 0.3 is 0 Å². The summed E-state index contributed by atoms with van der Waals surface area (Å²) in [6, 6.07) is 0. The van der Waals surface area contributed by atoms with Crippen LogP contribution in [0.2, 0.25) is 0 Å². The zero-order valence-electron chi connectivity index (χ0n) is 21.2. The van der Waals surface area contributed by atoms with Crippen LogP contribution in [0.5, 0.6) is 0 Å². The van der Waals surface area contributed by atoms with E-state index in [9.17, 15) is 0 Å². The number of nitrogens with zero attached hydrogens (tertiary/aromatic N) is 2. The molecule has 1 heterocycles. The molecule has 1 aliphatic heterocycles. The van der Waals surface area contributed by atoms with Crippen LogP contribution in [0.1, 0.15) is 137 Å². The van der Waals surface area contributed by atoms with Gasteiger partial charge in [0.15, 0.2) is 0 Å². The van der Waals surface area contributed by atoms with Gasteiger partial charge in [0.05, 0.1) is 5.54 Å². The number of hydrogen-bond acceptors (Lipinski definition) is 3. The van der Waals surface area contributed by atoms with E-state index in [1.54, 1.807) is 0 Å². The number of hydrogen-bond donors (Lipinski definition) is 1. The summed E-state index contributed by atoms with van der Waals surface area (Å²) in [5.74, 6) is 1.23. The molecule has 0 aromatic heterocycles. The highest BCUT2D eigenvalue weighted by Gasteiger charge is 2.32. The third-order valence-corrected chi connectivity index (χ3v) is 6.83. The van der Waals surface area contributed by atoms with Crippen LogP contribution in [0, 0.1) is 0 Å². The Balaban J connectivity index is 2.36. The number of nitrogens with one attached hydrogen (secondary N) is 1. The fourth-order valence-corrected chi connectivity index (χ4v) is 4.64. The first kappa shape index (κ1) is 27.5. The second-order valence-corrected chi connectivity index (χ2v) is 10.0. The molecule has 1 rings (SSSR count). The molecule has 3 nitrogen and oxygen atoms in total. The molecule has 30 heavy (non-hydrogen) atoms. The summed E-state index contributed by atoms with van der Waals surface area (Å²) < 4.78 is 0. The molecule has 0 saturated heterocycles. The van der Waals surface area contributed by atoms with Crippen LogP contribution >= 0.6 is 0 Å². The predicted molar refractivity (Wildman–Crippen MR) is 136 cm³/mol. The van der Waals surface area contributed by atoms with Crippen molar-refractivity contribution in [3.05, 3.63) is 0 Å². The minimum atomic E-state index is 0.0443. The molecule has 0 aromatic rings. The lowest BCUT2D eigenvalue weighted by atomic mass is 9.97. The first-order valence-electron chi connectivity index (χ1n) is 13.7. The van der Waals surface area contributed by atoms with Crippen molar-refractivity contribution in [3.8, 4) is 0 Å². The molecular weight excluding hydrogens is 366 g/mol. The zero-order chi connectivity index (χ0) is 21.9. The molecule has 0 spiro atoms. The summed E-state index contributed by atoms with van der Waals surface area (Å²) >= 11 is 0. The molecule has 1 N–H and O–H groups in total. The summed E-state index contributed by atoms with van der Waals surface area (Å²) in [6.45, 7) is 13.9. The van der Waals surface area contributed by atoms with Gasteiger partial charge < -0.3 is 5.32 Å². The van der Waals surface area contributed by atoms with Gasteiger partial charge in [-0.25, -0.2) is 0 Å². The Morgan fingerprint density at radius 1 is 0.700 bits per heavy atom. The molecule has 1 aliphatic rings. The monoisotopic (exact) mass is 421 g/mol. The summed E-state index contributed by atoms with van der Waals surface area (Å²) in [4.78, 5) is 7.59. The van der Waals surface area contributed by atoms with Gasteiger partial charge in [-0.1, -0.05) is 104 Å². The molecule has 3 heteroatoms. The number of rotatable bonds is 20. The lowest BCUT2D eigenvalue weighted by Crippen LogP contribution is -2.56. The van der Waals surface area contributed by atoms with E-state index in [2.05, 4.69) is 37.9 Å². The molecule has 0 aliphatic carbocycles. The second-order valence-electron chi connectivity index (χ2n) is 10.0. The molecule has 0 bridgehead atoms. The van der Waals surface area contributed by atoms with Crippen molar-refractivity contribution >= 4 is 5.84 Å². The Hall–Kier alpha value is -0.570. The fraction of sp³-hybridized carbons (Fsp3) is 0.963. The average molecular weight is 422 g/mol. The Kier molecular flexibility index (Phi) is 16.5. The predicted octanol–water partition coefficient (Wildman–Crippen LogP) is 7.74. The van der Waals surface area contributed by atoms with E-state index in [4.69, 9.17) is 4.99 Å². The quantitative estimate of drug-likeness (QED) is 0.204. The smallest absolute Gasteiger partial charge is 0.116 e. The zero-order valence-corrected chi connectivity index (χ0v) is 21.2. The maximum absolute atomic E-state index is 4.86. The molecule has 0 atom stereocenters. The standard InChI is InChI=1S/C27H55N3/c1-5-7-9-11-13-15-17-19-24-30(25-20-18-16-14-12-10-8-6-2)27(3,4)26-28-22-21-23-29-26/h5-25H2,1-4H3,(H,28,29). The number of unbranched alkanes of at least 4 members (excludes halogenated alkanes) is 14. The van der Waals surface area contributed by atoms with Gasteiger partial charge in [-0.2, -0.15) is 0 Å². The summed E-state index contributed by atoms with van der Waals surface area (Å²) in [7, 11) is 0. The van der Waals surface area contributed by atoms with Crippen LogP contribution in [-0.4, -0.2) is 42.5 Å². The van der Waals surface area contributed by atoms with Crippen molar-refractivity contribution in [3.63, 3.8) is 0 Å². The van der Waals surface area contributed by atoms with Crippen LogP contribution < -0.4 is 5.32 Å². The Morgan fingerprint density at radius 3 is 1.53 bits per heavy atom. The van der Waals surface area contributed by atoms with E-state index in [1.807, 2.05) is 0 Å². The summed E-state index contributed by atoms with van der Waals surface area (Å²) in [6.07, 6.45) is 23.5. The molecular formula is C27H55N3. The first-order valence-corrected chi connectivity index (χ1v) is 13.7. The SMILES string of the molecule is CCCCCCCCCCN(CCCCCCCCCC)C(C)(C)C1=NCCCN1. The lowest BCUT2D eigenvalue weighted by molar-refractivity contribution is 0.165. The first-order chi connectivity index (χ1) is 14.6. The van der Waals surface area contributed by atoms with Crippen molar-refractivity contribution in [1.29, 1.82) is 0 Å². The maximum Gasteiger partial charge on any atom is 0.116 e. The highest BCUT2D eigenvalue weighted by molar-refractivity contribution is 5.91. The molecule has 0 fully saturated rings. The molecule has 0 radical (unpaired) electrons. The Morgan fingerprint density at radius 2 is 1.13 bits per heavy atom. The van der Waals surface area contributed by atoms with Gasteiger partial charge in [0, 0.05) is 13.1 Å². The van der Waals surface area contributed by atoms with Crippen LogP contribution in [0.3, 0.4) is 0 Å². The van der Waals surface area contributed by atoms with E-state index in [1.165, 1.54) is 128 Å². The van der Waals surface area contributed by atoms with Crippen LogP contribution in [0.4, 0.5) is 0 Å². The normalized spacial score (nSPS) is 14.8. The van der Waals surface area contributed by atoms with Gasteiger partial charge in [0.1, 0.15) is 5.84 Å². The minimum Gasteiger partial charge on any atom is -0.372 e. The van der Waals surface area contributed by atoms with E-state index in [0.29, 0.717) is 0 Å². The van der Waals surface area contributed by atoms with E-state index in [0.717, 1.165) is 13.1 Å². The summed E-state index contributed by atoms with van der Waals surface area (Å²) in [5.41, 5.74) is 0.0443. The third kappa shape index (κ3) is 12.3. The minimum absolute atomic E-state index is 0.0443. The number of amidine groups is 1. The highest BCUT2D eigenvalue weighted by atomic mass is 15.2. The van der Waals surface area contributed by atoms with Crippen LogP contribution in [-0.2, 0) is 0 Å². The van der Waals surface area contributed by atoms with Gasteiger partial charge in [-0.3, -0.25) is 9.89 Å². The third-order valence-electron chi connectivity index (χ3n) is 6.83. The maximum atomic E-state index is 4.86. The van der Waals surface area contributed by atoms with Crippen LogP contribution in [0.25, 0.3) is 0 Å². The van der Waals surface area contributed by atoms with E-state index >= 15 is 0 Å². The van der Waals surface area contributed by atoms with Crippen molar-refractivity contribution in [1.82, 2.24) is 10.2 Å². The van der Waals surface area contributed by atoms with Gasteiger partial charge in [0.25, 0.3) is 0 Å².